The van der Waals surface area contributed by atoms with Crippen molar-refractivity contribution < 1.29 is 0 Å². The molecule has 0 amide bonds. The first-order valence-corrected chi connectivity index (χ1v) is 7.75. The first-order valence-electron chi connectivity index (χ1n) is 7.75. The number of nitrogens with zero attached hydrogens (tertiary/aromatic N) is 1. The molecule has 0 saturated carbocycles. The van der Waals surface area contributed by atoms with Gasteiger partial charge in [0.25, 0.3) is 0 Å². The Hall–Kier alpha value is -2.41. The smallest absolute Gasteiger partial charge is 0.0780 e. The Kier molecular flexibility index (Phi) is 3.81. The zero-order valence-electron chi connectivity index (χ0n) is 13.5. The molecule has 3 rings (SSSR count). The van der Waals surface area contributed by atoms with E-state index in [4.69, 9.17) is 0 Å². The molecular weight excluding hydrogens is 266 g/mol. The predicted molar refractivity (Wildman–Crippen MR) is 96.1 cm³/mol. The van der Waals surface area contributed by atoms with Gasteiger partial charge >= 0.3 is 0 Å². The van der Waals surface area contributed by atoms with Gasteiger partial charge in [-0.05, 0) is 60.5 Å². The Bertz CT molecular complexity index is 859. The molecule has 0 spiro atoms. The van der Waals surface area contributed by atoms with Crippen LogP contribution in [0.1, 0.15) is 29.2 Å². The highest BCUT2D eigenvalue weighted by Gasteiger charge is 2.09. The van der Waals surface area contributed by atoms with Crippen molar-refractivity contribution in [1.82, 2.24) is 4.98 Å². The summed E-state index contributed by atoms with van der Waals surface area (Å²) in [6, 6.07) is 13.1. The van der Waals surface area contributed by atoms with Crippen LogP contribution < -0.4 is 0 Å². The number of pyridine rings is 1. The topological polar surface area (TPSA) is 12.9 Å². The summed E-state index contributed by atoms with van der Waals surface area (Å²) >= 11 is 0. The third-order valence-electron chi connectivity index (χ3n) is 4.30. The number of benzene rings is 2. The normalized spacial score (nSPS) is 10.9. The van der Waals surface area contributed by atoms with Crippen LogP contribution >= 0.6 is 0 Å². The maximum atomic E-state index is 4.66. The van der Waals surface area contributed by atoms with Crippen molar-refractivity contribution in [3.05, 3.63) is 71.4 Å². The van der Waals surface area contributed by atoms with Gasteiger partial charge in [-0.25, -0.2) is 0 Å². The van der Waals surface area contributed by atoms with Gasteiger partial charge in [-0.3, -0.25) is 4.98 Å². The molecule has 1 heterocycles. The van der Waals surface area contributed by atoms with Gasteiger partial charge in [0.2, 0.25) is 0 Å². The Morgan fingerprint density at radius 1 is 1.05 bits per heavy atom. The lowest BCUT2D eigenvalue weighted by Gasteiger charge is -2.12. The average Bonchev–Trinajstić information content (AvgIpc) is 2.54. The molecule has 1 heteroatoms. The lowest BCUT2D eigenvalue weighted by atomic mass is 9.95. The lowest BCUT2D eigenvalue weighted by molar-refractivity contribution is 1.13. The molecule has 3 aromatic rings. The second-order valence-corrected chi connectivity index (χ2v) is 5.80. The van der Waals surface area contributed by atoms with Crippen LogP contribution in [0.25, 0.3) is 28.1 Å². The van der Waals surface area contributed by atoms with Crippen LogP contribution in [0.2, 0.25) is 0 Å². The number of aryl methyl sites for hydroxylation is 3. The fourth-order valence-electron chi connectivity index (χ4n) is 3.08. The molecule has 0 atom stereocenters. The third kappa shape index (κ3) is 2.43. The van der Waals surface area contributed by atoms with E-state index in [1.54, 1.807) is 0 Å². The van der Waals surface area contributed by atoms with E-state index in [0.29, 0.717) is 0 Å². The average molecular weight is 287 g/mol. The minimum absolute atomic E-state index is 1.04. The van der Waals surface area contributed by atoms with Gasteiger partial charge < -0.3 is 0 Å². The molecule has 0 aliphatic rings. The summed E-state index contributed by atoms with van der Waals surface area (Å²) in [4.78, 5) is 4.66. The number of rotatable bonds is 3. The SMILES string of the molecule is C=Cc1ccc2c(-c3cc(C)cc(CC)c3)nccc2c1C. The highest BCUT2D eigenvalue weighted by molar-refractivity contribution is 5.97. The van der Waals surface area contributed by atoms with E-state index in [0.717, 1.165) is 12.1 Å². The standard InChI is InChI=1S/C21H21N/c1-5-16-11-14(3)12-18(13-16)21-20-8-7-17(6-2)15(4)19(20)9-10-22-21/h6-13H,2,5H2,1,3-4H3. The van der Waals surface area contributed by atoms with Crippen molar-refractivity contribution in [2.24, 2.45) is 0 Å². The Balaban J connectivity index is 2.30. The zero-order chi connectivity index (χ0) is 15.7. The maximum Gasteiger partial charge on any atom is 0.0780 e. The van der Waals surface area contributed by atoms with Gasteiger partial charge in [0.05, 0.1) is 5.69 Å². The molecular formula is C21H21N. The van der Waals surface area contributed by atoms with Crippen LogP contribution in [0.3, 0.4) is 0 Å². The quantitative estimate of drug-likeness (QED) is 0.600. The van der Waals surface area contributed by atoms with Gasteiger partial charge in [-0.1, -0.05) is 43.3 Å². The van der Waals surface area contributed by atoms with Gasteiger partial charge in [-0.2, -0.15) is 0 Å². The predicted octanol–water partition coefficient (Wildman–Crippen LogP) is 5.72. The number of fused-ring (bicyclic) bond motifs is 1. The molecule has 0 aliphatic heterocycles. The van der Waals surface area contributed by atoms with Crippen LogP contribution in [0, 0.1) is 13.8 Å². The molecule has 0 saturated heterocycles. The molecule has 2 aromatic carbocycles. The van der Waals surface area contributed by atoms with Crippen LogP contribution in [0.5, 0.6) is 0 Å². The van der Waals surface area contributed by atoms with Gasteiger partial charge in [-0.15, -0.1) is 0 Å². The van der Waals surface area contributed by atoms with Crippen LogP contribution in [0.15, 0.2) is 49.2 Å². The Morgan fingerprint density at radius 3 is 2.59 bits per heavy atom. The summed E-state index contributed by atoms with van der Waals surface area (Å²) < 4.78 is 0. The highest BCUT2D eigenvalue weighted by Crippen LogP contribution is 2.31. The van der Waals surface area contributed by atoms with Crippen LogP contribution in [0.4, 0.5) is 0 Å². The first-order chi connectivity index (χ1) is 10.6. The molecule has 1 nitrogen and oxygen atoms in total. The van der Waals surface area contributed by atoms with Gasteiger partial charge in [0.15, 0.2) is 0 Å². The van der Waals surface area contributed by atoms with Crippen LogP contribution in [-0.2, 0) is 6.42 Å². The number of aromatic nitrogens is 1. The molecule has 0 N–H and O–H groups in total. The van der Waals surface area contributed by atoms with E-state index in [2.05, 4.69) is 68.7 Å². The van der Waals surface area contributed by atoms with E-state index in [1.807, 2.05) is 12.3 Å². The van der Waals surface area contributed by atoms with Gasteiger partial charge in [0.1, 0.15) is 0 Å². The van der Waals surface area contributed by atoms with Crippen molar-refractivity contribution in [2.75, 3.05) is 0 Å². The minimum atomic E-state index is 1.04. The summed E-state index contributed by atoms with van der Waals surface area (Å²) in [5.41, 5.74) is 7.35. The molecule has 0 unspecified atom stereocenters. The van der Waals surface area contributed by atoms with Gasteiger partial charge in [0, 0.05) is 17.1 Å². The maximum absolute atomic E-state index is 4.66. The molecule has 22 heavy (non-hydrogen) atoms. The molecule has 1 aromatic heterocycles. The van der Waals surface area contributed by atoms with E-state index in [9.17, 15) is 0 Å². The van der Waals surface area contributed by atoms with Crippen molar-refractivity contribution in [3.8, 4) is 11.3 Å². The van der Waals surface area contributed by atoms with E-state index in [1.165, 1.54) is 38.6 Å². The molecule has 0 aliphatic carbocycles. The molecule has 0 fully saturated rings. The van der Waals surface area contributed by atoms with Crippen molar-refractivity contribution >= 4 is 16.8 Å². The fourth-order valence-corrected chi connectivity index (χ4v) is 3.08. The number of hydrogen-bond donors (Lipinski definition) is 0. The lowest BCUT2D eigenvalue weighted by Crippen LogP contribution is -1.92. The Labute approximate surface area is 132 Å². The largest absolute Gasteiger partial charge is 0.256 e. The van der Waals surface area contributed by atoms with Crippen molar-refractivity contribution in [2.45, 2.75) is 27.2 Å². The molecule has 0 radical (unpaired) electrons. The zero-order valence-corrected chi connectivity index (χ0v) is 13.5. The summed E-state index contributed by atoms with van der Waals surface area (Å²) in [7, 11) is 0. The third-order valence-corrected chi connectivity index (χ3v) is 4.30. The minimum Gasteiger partial charge on any atom is -0.256 e. The summed E-state index contributed by atoms with van der Waals surface area (Å²) in [5.74, 6) is 0. The second-order valence-electron chi connectivity index (χ2n) is 5.80. The molecule has 0 bridgehead atoms. The van der Waals surface area contributed by atoms with Crippen molar-refractivity contribution in [1.29, 1.82) is 0 Å². The highest BCUT2D eigenvalue weighted by atomic mass is 14.7. The van der Waals surface area contributed by atoms with Crippen LogP contribution in [-0.4, -0.2) is 4.98 Å². The number of hydrogen-bond acceptors (Lipinski definition) is 1. The Morgan fingerprint density at radius 2 is 1.86 bits per heavy atom. The van der Waals surface area contributed by atoms with E-state index < -0.39 is 0 Å². The summed E-state index contributed by atoms with van der Waals surface area (Å²) in [6.45, 7) is 10.4. The van der Waals surface area contributed by atoms with Crippen molar-refractivity contribution in [3.63, 3.8) is 0 Å². The van der Waals surface area contributed by atoms with E-state index in [-0.39, 0.29) is 0 Å². The first kappa shape index (κ1) is 14.5. The second kappa shape index (κ2) is 5.76. The fraction of sp³-hybridized carbons (Fsp3) is 0.190. The summed E-state index contributed by atoms with van der Waals surface area (Å²) in [5, 5.41) is 2.46. The monoisotopic (exact) mass is 287 g/mol. The summed E-state index contributed by atoms with van der Waals surface area (Å²) in [6.07, 6.45) is 4.86. The molecule has 110 valence electrons. The van der Waals surface area contributed by atoms with E-state index >= 15 is 0 Å².